The zero-order valence-electron chi connectivity index (χ0n) is 12.2. The number of imidazole rings is 1. The third kappa shape index (κ3) is 2.40. The first-order valence-electron chi connectivity index (χ1n) is 7.70. The molecule has 0 bridgehead atoms. The predicted molar refractivity (Wildman–Crippen MR) is 87.0 cm³/mol. The minimum atomic E-state index is -0.679. The maximum absolute atomic E-state index is 10.5. The quantitative estimate of drug-likeness (QED) is 0.743. The second-order valence-electron chi connectivity index (χ2n) is 5.65. The van der Waals surface area contributed by atoms with Crippen molar-refractivity contribution in [1.29, 1.82) is 0 Å². The van der Waals surface area contributed by atoms with Crippen LogP contribution in [0.15, 0.2) is 35.1 Å². The molecule has 114 valence electrons. The summed E-state index contributed by atoms with van der Waals surface area (Å²) in [5.74, 6) is 0.740. The Kier molecular flexibility index (Phi) is 3.60. The van der Waals surface area contributed by atoms with E-state index in [0.717, 1.165) is 29.3 Å². The highest BCUT2D eigenvalue weighted by Crippen LogP contribution is 2.32. The number of aromatic nitrogens is 2. The monoisotopic (exact) mass is 314 g/mol. The van der Waals surface area contributed by atoms with Gasteiger partial charge in [0.1, 0.15) is 11.9 Å². The minimum Gasteiger partial charge on any atom is -0.465 e. The van der Waals surface area contributed by atoms with Crippen LogP contribution >= 0.6 is 11.3 Å². The summed E-state index contributed by atoms with van der Waals surface area (Å²) in [6, 6.07) is 3.70. The minimum absolute atomic E-state index is 0.679. The lowest BCUT2D eigenvalue weighted by Gasteiger charge is -2.07. The van der Waals surface area contributed by atoms with Gasteiger partial charge in [0.15, 0.2) is 4.96 Å². The van der Waals surface area contributed by atoms with Gasteiger partial charge in [-0.2, -0.15) is 0 Å². The normalized spacial score (nSPS) is 17.0. The third-order valence-corrected chi connectivity index (χ3v) is 5.33. The van der Waals surface area contributed by atoms with E-state index in [1.165, 1.54) is 29.8 Å². The number of hydrogen-bond acceptors (Lipinski definition) is 4. The molecule has 0 aromatic carbocycles. The van der Waals surface area contributed by atoms with Gasteiger partial charge < -0.3 is 9.52 Å². The number of nitrogens with zero attached hydrogens (tertiary/aromatic N) is 2. The van der Waals surface area contributed by atoms with Crippen molar-refractivity contribution in [2.45, 2.75) is 38.2 Å². The molecule has 5 heteroatoms. The summed E-state index contributed by atoms with van der Waals surface area (Å²) in [4.78, 5) is 6.91. The molecular weight excluding hydrogens is 296 g/mol. The number of hydrogen-bond donors (Lipinski definition) is 1. The van der Waals surface area contributed by atoms with Gasteiger partial charge in [0.25, 0.3) is 0 Å². The van der Waals surface area contributed by atoms with Gasteiger partial charge in [-0.15, -0.1) is 11.3 Å². The van der Waals surface area contributed by atoms with Crippen molar-refractivity contribution >= 4 is 22.4 Å². The van der Waals surface area contributed by atoms with Gasteiger partial charge in [-0.3, -0.25) is 4.40 Å². The summed E-state index contributed by atoms with van der Waals surface area (Å²) >= 11 is 1.77. The highest BCUT2D eigenvalue weighted by Gasteiger charge is 2.20. The van der Waals surface area contributed by atoms with Crippen molar-refractivity contribution in [3.8, 4) is 0 Å². The van der Waals surface area contributed by atoms with E-state index in [9.17, 15) is 5.11 Å². The molecule has 0 aliphatic heterocycles. The van der Waals surface area contributed by atoms with E-state index in [1.54, 1.807) is 35.9 Å². The summed E-state index contributed by atoms with van der Waals surface area (Å²) in [5, 5.41) is 10.5. The van der Waals surface area contributed by atoms with Crippen LogP contribution in [0.3, 0.4) is 0 Å². The van der Waals surface area contributed by atoms with Crippen molar-refractivity contribution in [3.05, 3.63) is 52.7 Å². The fourth-order valence-electron chi connectivity index (χ4n) is 3.06. The molecule has 0 spiro atoms. The number of rotatable bonds is 3. The molecule has 1 unspecified atom stereocenters. The summed E-state index contributed by atoms with van der Waals surface area (Å²) in [6.45, 7) is 0. The first-order valence-corrected chi connectivity index (χ1v) is 8.52. The second-order valence-corrected chi connectivity index (χ2v) is 6.72. The Morgan fingerprint density at radius 3 is 3.09 bits per heavy atom. The Hall–Kier alpha value is -1.85. The van der Waals surface area contributed by atoms with Gasteiger partial charge in [0.05, 0.1) is 18.2 Å². The topological polar surface area (TPSA) is 50.7 Å². The van der Waals surface area contributed by atoms with Crippen LogP contribution in [0.4, 0.5) is 0 Å². The Balaban J connectivity index is 1.70. The zero-order chi connectivity index (χ0) is 14.9. The van der Waals surface area contributed by atoms with Crippen molar-refractivity contribution in [2.75, 3.05) is 0 Å². The maximum atomic E-state index is 10.5. The van der Waals surface area contributed by atoms with Gasteiger partial charge in [0.2, 0.25) is 0 Å². The van der Waals surface area contributed by atoms with Crippen molar-refractivity contribution in [3.63, 3.8) is 0 Å². The van der Waals surface area contributed by atoms with Crippen LogP contribution in [0.1, 0.15) is 47.4 Å². The van der Waals surface area contributed by atoms with Gasteiger partial charge in [-0.1, -0.05) is 6.42 Å². The molecular formula is C17H18N2O2S. The number of fused-ring (bicyclic) bond motifs is 3. The maximum Gasteiger partial charge on any atom is 0.194 e. The van der Waals surface area contributed by atoms with Crippen molar-refractivity contribution in [2.24, 2.45) is 0 Å². The number of aliphatic hydroxyl groups is 1. The van der Waals surface area contributed by atoms with Gasteiger partial charge in [-0.05, 0) is 50.0 Å². The van der Waals surface area contributed by atoms with Crippen LogP contribution in [0.5, 0.6) is 0 Å². The molecule has 4 nitrogen and oxygen atoms in total. The molecule has 1 atom stereocenters. The van der Waals surface area contributed by atoms with Gasteiger partial charge in [-0.25, -0.2) is 4.98 Å². The van der Waals surface area contributed by atoms with Crippen LogP contribution in [0.25, 0.3) is 11.0 Å². The molecule has 0 fully saturated rings. The van der Waals surface area contributed by atoms with E-state index < -0.39 is 6.10 Å². The first kappa shape index (κ1) is 13.8. The molecule has 0 saturated carbocycles. The number of thiazole rings is 1. The zero-order valence-corrected chi connectivity index (χ0v) is 13.1. The van der Waals surface area contributed by atoms with E-state index >= 15 is 0 Å². The molecule has 3 aromatic heterocycles. The van der Waals surface area contributed by atoms with Crippen LogP contribution < -0.4 is 0 Å². The second kappa shape index (κ2) is 5.74. The van der Waals surface area contributed by atoms with E-state index in [4.69, 9.17) is 4.42 Å². The van der Waals surface area contributed by atoms with Crippen molar-refractivity contribution in [1.82, 2.24) is 9.38 Å². The molecule has 1 N–H and O–H groups in total. The predicted octanol–water partition coefficient (Wildman–Crippen LogP) is 4.00. The standard InChI is InChI=1S/C17H18N2O2S/c20-15(9-8-12-5-4-10-21-12)14-11-18-17-19(14)13-6-2-1-3-7-16(13)22-17/h4-5,8-11,15,20H,1-3,6-7H2. The van der Waals surface area contributed by atoms with E-state index in [2.05, 4.69) is 9.38 Å². The summed E-state index contributed by atoms with van der Waals surface area (Å²) in [7, 11) is 0. The summed E-state index contributed by atoms with van der Waals surface area (Å²) < 4.78 is 7.42. The molecule has 22 heavy (non-hydrogen) atoms. The largest absolute Gasteiger partial charge is 0.465 e. The Labute approximate surface area is 132 Å². The van der Waals surface area contributed by atoms with E-state index in [0.29, 0.717) is 0 Å². The Morgan fingerprint density at radius 1 is 1.32 bits per heavy atom. The average molecular weight is 314 g/mol. The Bertz CT molecular complexity index is 798. The van der Waals surface area contributed by atoms with Crippen LogP contribution in [0.2, 0.25) is 0 Å². The number of aryl methyl sites for hydroxylation is 2. The number of aliphatic hydroxyl groups excluding tert-OH is 1. The lowest BCUT2D eigenvalue weighted by Crippen LogP contribution is -2.02. The summed E-state index contributed by atoms with van der Waals surface area (Å²) in [5.41, 5.74) is 2.19. The highest BCUT2D eigenvalue weighted by atomic mass is 32.1. The summed E-state index contributed by atoms with van der Waals surface area (Å²) in [6.07, 6.45) is 12.3. The molecule has 1 aliphatic carbocycles. The molecule has 4 rings (SSSR count). The lowest BCUT2D eigenvalue weighted by molar-refractivity contribution is 0.223. The smallest absolute Gasteiger partial charge is 0.194 e. The van der Waals surface area contributed by atoms with Crippen LogP contribution in [-0.4, -0.2) is 14.5 Å². The number of furan rings is 1. The van der Waals surface area contributed by atoms with Crippen LogP contribution in [-0.2, 0) is 12.8 Å². The molecule has 0 amide bonds. The molecule has 1 aliphatic rings. The molecule has 0 saturated heterocycles. The molecule has 3 heterocycles. The van der Waals surface area contributed by atoms with Crippen LogP contribution in [0, 0.1) is 0 Å². The fourth-order valence-corrected chi connectivity index (χ4v) is 4.26. The first-order chi connectivity index (χ1) is 10.8. The average Bonchev–Trinajstić information content (AvgIpc) is 3.20. The van der Waals surface area contributed by atoms with E-state index in [-0.39, 0.29) is 0 Å². The highest BCUT2D eigenvalue weighted by molar-refractivity contribution is 7.17. The van der Waals surface area contributed by atoms with Crippen molar-refractivity contribution < 1.29 is 9.52 Å². The SMILES string of the molecule is OC(C=Cc1ccco1)c1cnc2sc3c(n12)CCCCC3. The third-order valence-electron chi connectivity index (χ3n) is 4.17. The van der Waals surface area contributed by atoms with Gasteiger partial charge >= 0.3 is 0 Å². The van der Waals surface area contributed by atoms with E-state index in [1.807, 2.05) is 12.1 Å². The fraction of sp³-hybridized carbons (Fsp3) is 0.353. The Morgan fingerprint density at radius 2 is 2.23 bits per heavy atom. The van der Waals surface area contributed by atoms with Gasteiger partial charge in [0, 0.05) is 10.6 Å². The molecule has 3 aromatic rings. The molecule has 0 radical (unpaired) electrons. The lowest BCUT2D eigenvalue weighted by atomic mass is 10.2.